The van der Waals surface area contributed by atoms with Crippen LogP contribution in [0.4, 0.5) is 5.69 Å². The molecule has 1 atom stereocenters. The van der Waals surface area contributed by atoms with Gasteiger partial charge in [0.05, 0.1) is 0 Å². The van der Waals surface area contributed by atoms with Crippen LogP contribution in [0.15, 0.2) is 24.3 Å². The second kappa shape index (κ2) is 6.11. The Hall–Kier alpha value is -2.12. The molecule has 1 aromatic carbocycles. The summed E-state index contributed by atoms with van der Waals surface area (Å²) in [5.41, 5.74) is 5.82. The number of para-hydroxylation sites is 1. The monoisotopic (exact) mass is 295 g/mol. The lowest BCUT2D eigenvalue weighted by Crippen LogP contribution is -2.64. The molecule has 0 aliphatic heterocycles. The third kappa shape index (κ3) is 3.93. The number of hydrazine groups is 1. The molecule has 1 rings (SSSR count). The third-order valence-corrected chi connectivity index (χ3v) is 2.87. The maximum absolute atomic E-state index is 12.3. The summed E-state index contributed by atoms with van der Waals surface area (Å²) >= 11 is 0. The minimum atomic E-state index is -2.09. The topological polar surface area (TPSA) is 128 Å². The quantitative estimate of drug-likeness (QED) is 0.204. The third-order valence-electron chi connectivity index (χ3n) is 2.87. The van der Waals surface area contributed by atoms with Crippen molar-refractivity contribution in [2.75, 3.05) is 5.73 Å². The van der Waals surface area contributed by atoms with Gasteiger partial charge in [-0.3, -0.25) is 5.84 Å². The lowest BCUT2D eigenvalue weighted by Gasteiger charge is -2.30. The zero-order valence-corrected chi connectivity index (χ0v) is 12.3. The molecular weight excluding hydrogens is 274 g/mol. The molecule has 0 fully saturated rings. The number of ether oxygens (including phenoxy) is 1. The van der Waals surface area contributed by atoms with Gasteiger partial charge in [0, 0.05) is 12.1 Å². The highest BCUT2D eigenvalue weighted by Crippen LogP contribution is 2.22. The van der Waals surface area contributed by atoms with Gasteiger partial charge in [-0.1, -0.05) is 18.2 Å². The Kier molecular flexibility index (Phi) is 4.93. The molecule has 0 aromatic heterocycles. The number of anilines is 1. The molecule has 0 amide bonds. The van der Waals surface area contributed by atoms with Crippen LogP contribution < -0.4 is 17.0 Å². The number of carbonyl (C=O) groups is 2. The number of carboxylic acids is 1. The number of hydrogen-bond acceptors (Lipinski definition) is 6. The van der Waals surface area contributed by atoms with Gasteiger partial charge in [-0.05, 0) is 32.4 Å². The summed E-state index contributed by atoms with van der Waals surface area (Å²) in [5.74, 6) is 2.96. The lowest BCUT2D eigenvalue weighted by molar-refractivity contribution is -0.171. The Morgan fingerprint density at radius 3 is 2.29 bits per heavy atom. The Labute approximate surface area is 123 Å². The molecule has 0 radical (unpaired) electrons. The van der Waals surface area contributed by atoms with E-state index in [9.17, 15) is 14.7 Å². The van der Waals surface area contributed by atoms with Crippen LogP contribution in [0.1, 0.15) is 26.3 Å². The number of carboxylic acid groups (broad SMARTS) is 1. The maximum atomic E-state index is 12.3. The van der Waals surface area contributed by atoms with Crippen molar-refractivity contribution in [3.05, 3.63) is 29.8 Å². The number of nitrogens with one attached hydrogen (secondary N) is 1. The molecular formula is C14H21N3O4. The van der Waals surface area contributed by atoms with Crippen LogP contribution in [0.2, 0.25) is 0 Å². The second-order valence-corrected chi connectivity index (χ2v) is 5.73. The molecule has 0 aliphatic carbocycles. The predicted octanol–water partition coefficient (Wildman–Crippen LogP) is 0.440. The average molecular weight is 295 g/mol. The molecule has 0 saturated heterocycles. The zero-order valence-electron chi connectivity index (χ0n) is 12.3. The summed E-state index contributed by atoms with van der Waals surface area (Å²) in [6, 6.07) is 6.66. The standard InChI is InChI=1S/C14H21N3O4/c1-13(2,3)21-12(20)14(17-16,11(18)19)8-9-6-4-5-7-10(9)15/h4-7,17H,8,15-16H2,1-3H3,(H,18,19). The highest BCUT2D eigenvalue weighted by molar-refractivity contribution is 6.04. The number of aliphatic carboxylic acids is 1. The number of esters is 1. The van der Waals surface area contributed by atoms with Crippen molar-refractivity contribution in [1.29, 1.82) is 0 Å². The summed E-state index contributed by atoms with van der Waals surface area (Å²) < 4.78 is 5.16. The summed E-state index contributed by atoms with van der Waals surface area (Å²) in [4.78, 5) is 23.9. The number of rotatable bonds is 5. The largest absolute Gasteiger partial charge is 0.479 e. The van der Waals surface area contributed by atoms with Crippen LogP contribution in [0.3, 0.4) is 0 Å². The van der Waals surface area contributed by atoms with E-state index in [4.69, 9.17) is 16.3 Å². The van der Waals surface area contributed by atoms with Crippen LogP contribution in [-0.4, -0.2) is 28.2 Å². The fourth-order valence-corrected chi connectivity index (χ4v) is 1.75. The lowest BCUT2D eigenvalue weighted by atomic mass is 9.90. The molecule has 1 unspecified atom stereocenters. The average Bonchev–Trinajstić information content (AvgIpc) is 2.35. The van der Waals surface area contributed by atoms with E-state index >= 15 is 0 Å². The van der Waals surface area contributed by atoms with E-state index in [0.29, 0.717) is 11.3 Å². The Morgan fingerprint density at radius 2 is 1.86 bits per heavy atom. The van der Waals surface area contributed by atoms with Crippen LogP contribution in [0, 0.1) is 0 Å². The van der Waals surface area contributed by atoms with Crippen molar-refractivity contribution in [1.82, 2.24) is 5.43 Å². The minimum absolute atomic E-state index is 0.222. The van der Waals surface area contributed by atoms with Crippen molar-refractivity contribution < 1.29 is 19.4 Å². The fraction of sp³-hybridized carbons (Fsp3) is 0.429. The summed E-state index contributed by atoms with van der Waals surface area (Å²) in [7, 11) is 0. The number of benzene rings is 1. The van der Waals surface area contributed by atoms with E-state index < -0.39 is 23.1 Å². The molecule has 0 spiro atoms. The van der Waals surface area contributed by atoms with E-state index in [-0.39, 0.29) is 6.42 Å². The van der Waals surface area contributed by atoms with Gasteiger partial charge in [0.15, 0.2) is 0 Å². The summed E-state index contributed by atoms with van der Waals surface area (Å²) in [5, 5.41) is 9.46. The van der Waals surface area contributed by atoms with E-state index in [0.717, 1.165) is 0 Å². The van der Waals surface area contributed by atoms with Crippen LogP contribution in [0.25, 0.3) is 0 Å². The van der Waals surface area contributed by atoms with Gasteiger partial charge in [0.2, 0.25) is 5.54 Å². The van der Waals surface area contributed by atoms with Crippen molar-refractivity contribution in [3.8, 4) is 0 Å². The Balaban J connectivity index is 3.19. The Morgan fingerprint density at radius 1 is 1.29 bits per heavy atom. The van der Waals surface area contributed by atoms with Gasteiger partial charge in [0.25, 0.3) is 0 Å². The molecule has 6 N–H and O–H groups in total. The van der Waals surface area contributed by atoms with Crippen molar-refractivity contribution in [3.63, 3.8) is 0 Å². The van der Waals surface area contributed by atoms with Gasteiger partial charge in [0.1, 0.15) is 5.60 Å². The normalized spacial score (nSPS) is 14.3. The highest BCUT2D eigenvalue weighted by atomic mass is 16.6. The van der Waals surface area contributed by atoms with E-state index in [1.807, 2.05) is 0 Å². The van der Waals surface area contributed by atoms with Gasteiger partial charge in [-0.25, -0.2) is 15.0 Å². The first-order valence-corrected chi connectivity index (χ1v) is 6.40. The maximum Gasteiger partial charge on any atom is 0.340 e. The van der Waals surface area contributed by atoms with Crippen molar-refractivity contribution in [2.45, 2.75) is 38.3 Å². The molecule has 0 bridgehead atoms. The first kappa shape index (κ1) is 16.9. The molecule has 0 aliphatic rings. The molecule has 7 heteroatoms. The first-order chi connectivity index (χ1) is 9.62. The van der Waals surface area contributed by atoms with Gasteiger partial charge in [-0.2, -0.15) is 0 Å². The zero-order chi connectivity index (χ0) is 16.3. The number of nitrogen functional groups attached to an aromatic ring is 1. The van der Waals surface area contributed by atoms with Gasteiger partial charge >= 0.3 is 11.9 Å². The molecule has 0 saturated carbocycles. The minimum Gasteiger partial charge on any atom is -0.479 e. The number of nitrogens with two attached hydrogens (primary N) is 2. The van der Waals surface area contributed by atoms with Crippen LogP contribution >= 0.6 is 0 Å². The highest BCUT2D eigenvalue weighted by Gasteiger charge is 2.48. The molecule has 21 heavy (non-hydrogen) atoms. The number of hydrogen-bond donors (Lipinski definition) is 4. The number of carbonyl (C=O) groups excluding carboxylic acids is 1. The molecule has 0 heterocycles. The molecule has 7 nitrogen and oxygen atoms in total. The predicted molar refractivity (Wildman–Crippen MR) is 78.1 cm³/mol. The fourth-order valence-electron chi connectivity index (χ4n) is 1.75. The van der Waals surface area contributed by atoms with Crippen molar-refractivity contribution >= 4 is 17.6 Å². The summed E-state index contributed by atoms with van der Waals surface area (Å²) in [6.45, 7) is 4.93. The molecule has 116 valence electrons. The van der Waals surface area contributed by atoms with Gasteiger partial charge < -0.3 is 15.6 Å². The SMILES string of the molecule is CC(C)(C)OC(=O)C(Cc1ccccc1N)(NN)C(=O)O. The Bertz CT molecular complexity index is 539. The smallest absolute Gasteiger partial charge is 0.340 e. The van der Waals surface area contributed by atoms with E-state index in [1.54, 1.807) is 45.0 Å². The molecule has 1 aromatic rings. The van der Waals surface area contributed by atoms with Crippen LogP contribution in [-0.2, 0) is 20.7 Å². The summed E-state index contributed by atoms with van der Waals surface area (Å²) in [6.07, 6.45) is -0.222. The van der Waals surface area contributed by atoms with E-state index in [2.05, 4.69) is 5.43 Å². The second-order valence-electron chi connectivity index (χ2n) is 5.73. The van der Waals surface area contributed by atoms with E-state index in [1.165, 1.54) is 0 Å². The van der Waals surface area contributed by atoms with Crippen LogP contribution in [0.5, 0.6) is 0 Å². The first-order valence-electron chi connectivity index (χ1n) is 6.40. The van der Waals surface area contributed by atoms with Crippen molar-refractivity contribution in [2.24, 2.45) is 5.84 Å². The van der Waals surface area contributed by atoms with Gasteiger partial charge in [-0.15, -0.1) is 0 Å².